The average molecular weight is 236 g/mol. The summed E-state index contributed by atoms with van der Waals surface area (Å²) in [5.41, 5.74) is 1.76. The molecule has 0 unspecified atom stereocenters. The number of nitrogens with zero attached hydrogens (tertiary/aromatic N) is 2. The maximum Gasteiger partial charge on any atom is 0.248 e. The molecular formula is C11H12N2O2S. The number of rotatable bonds is 2. The van der Waals surface area contributed by atoms with Crippen LogP contribution in [0.5, 0.6) is 0 Å². The number of fused-ring (bicyclic) bond motifs is 1. The normalized spacial score (nSPS) is 15.3. The summed E-state index contributed by atoms with van der Waals surface area (Å²) in [5, 5.41) is 8.52. The Morgan fingerprint density at radius 2 is 2.12 bits per heavy atom. The van der Waals surface area contributed by atoms with E-state index in [2.05, 4.69) is 0 Å². The van der Waals surface area contributed by atoms with E-state index in [1.165, 1.54) is 4.31 Å². The molecule has 0 aromatic heterocycles. The fraction of sp³-hybridized carbons (Fsp3) is 0.364. The van der Waals surface area contributed by atoms with Crippen molar-refractivity contribution in [2.75, 3.05) is 16.6 Å². The highest BCUT2D eigenvalue weighted by molar-refractivity contribution is 7.93. The molecule has 0 bridgehead atoms. The molecular weight excluding hydrogens is 224 g/mol. The Morgan fingerprint density at radius 3 is 2.88 bits per heavy atom. The summed E-state index contributed by atoms with van der Waals surface area (Å²) in [6.07, 6.45) is 1.70. The molecule has 5 heteroatoms. The molecule has 0 amide bonds. The number of hydrogen-bond acceptors (Lipinski definition) is 3. The summed E-state index contributed by atoms with van der Waals surface area (Å²) >= 11 is 0. The van der Waals surface area contributed by atoms with E-state index >= 15 is 0 Å². The van der Waals surface area contributed by atoms with Gasteiger partial charge in [0.1, 0.15) is 0 Å². The molecule has 1 heterocycles. The average Bonchev–Trinajstić information content (AvgIpc) is 2.28. The third-order valence-electron chi connectivity index (χ3n) is 2.65. The zero-order valence-corrected chi connectivity index (χ0v) is 9.57. The van der Waals surface area contributed by atoms with Crippen LogP contribution in [0.25, 0.3) is 0 Å². The molecule has 0 saturated heterocycles. The lowest BCUT2D eigenvalue weighted by Gasteiger charge is -2.29. The van der Waals surface area contributed by atoms with Crippen molar-refractivity contribution < 1.29 is 8.42 Å². The second-order valence-electron chi connectivity index (χ2n) is 3.72. The van der Waals surface area contributed by atoms with Gasteiger partial charge in [0.25, 0.3) is 0 Å². The molecule has 0 atom stereocenters. The molecule has 0 saturated carbocycles. The molecule has 0 N–H and O–H groups in total. The number of anilines is 1. The van der Waals surface area contributed by atoms with Crippen LogP contribution >= 0.6 is 0 Å². The van der Waals surface area contributed by atoms with Crippen molar-refractivity contribution >= 4 is 15.7 Å². The van der Waals surface area contributed by atoms with E-state index < -0.39 is 15.8 Å². The van der Waals surface area contributed by atoms with Crippen LogP contribution in [0.15, 0.2) is 24.3 Å². The third-order valence-corrected chi connectivity index (χ3v) is 4.20. The van der Waals surface area contributed by atoms with E-state index in [0.717, 1.165) is 24.1 Å². The monoisotopic (exact) mass is 236 g/mol. The minimum absolute atomic E-state index is 0.457. The molecule has 4 nitrogen and oxygen atoms in total. The summed E-state index contributed by atoms with van der Waals surface area (Å²) < 4.78 is 25.1. The Labute approximate surface area is 95.2 Å². The SMILES string of the molecule is N#CCS(=O)(=O)N1CCCc2ccccc21. The number of para-hydroxylation sites is 1. The second kappa shape index (κ2) is 4.14. The predicted octanol–water partition coefficient (Wildman–Crippen LogP) is 1.29. The fourth-order valence-electron chi connectivity index (χ4n) is 1.95. The first-order valence-electron chi connectivity index (χ1n) is 5.10. The first-order valence-corrected chi connectivity index (χ1v) is 6.71. The lowest BCUT2D eigenvalue weighted by Crippen LogP contribution is -2.36. The predicted molar refractivity (Wildman–Crippen MR) is 61.5 cm³/mol. The smallest absolute Gasteiger partial charge is 0.248 e. The highest BCUT2D eigenvalue weighted by atomic mass is 32.2. The zero-order valence-electron chi connectivity index (χ0n) is 8.76. The van der Waals surface area contributed by atoms with Crippen molar-refractivity contribution in [1.29, 1.82) is 5.26 Å². The van der Waals surface area contributed by atoms with E-state index in [9.17, 15) is 8.42 Å². The summed E-state index contributed by atoms with van der Waals surface area (Å²) in [7, 11) is -3.47. The van der Waals surface area contributed by atoms with Crippen molar-refractivity contribution in [2.24, 2.45) is 0 Å². The van der Waals surface area contributed by atoms with Crippen LogP contribution in [0.3, 0.4) is 0 Å². The van der Waals surface area contributed by atoms with Gasteiger partial charge in [0.05, 0.1) is 11.8 Å². The summed E-state index contributed by atoms with van der Waals surface area (Å²) in [5.74, 6) is -0.457. The standard InChI is InChI=1S/C11H12N2O2S/c12-7-9-16(14,15)13-8-3-5-10-4-1-2-6-11(10)13/h1-2,4,6H,3,5,8-9H2. The van der Waals surface area contributed by atoms with Gasteiger partial charge in [-0.1, -0.05) is 18.2 Å². The van der Waals surface area contributed by atoms with Gasteiger partial charge in [-0.2, -0.15) is 5.26 Å². The molecule has 16 heavy (non-hydrogen) atoms. The topological polar surface area (TPSA) is 61.2 Å². The Morgan fingerprint density at radius 1 is 1.38 bits per heavy atom. The molecule has 1 aromatic carbocycles. The van der Waals surface area contributed by atoms with E-state index in [4.69, 9.17) is 5.26 Å². The summed E-state index contributed by atoms with van der Waals surface area (Å²) in [6, 6.07) is 9.16. The Hall–Kier alpha value is -1.54. The Balaban J connectivity index is 2.44. The zero-order chi connectivity index (χ0) is 11.6. The summed E-state index contributed by atoms with van der Waals surface area (Å²) in [4.78, 5) is 0. The van der Waals surface area contributed by atoms with Crippen LogP contribution in [0.4, 0.5) is 5.69 Å². The number of aryl methyl sites for hydroxylation is 1. The number of nitriles is 1. The number of benzene rings is 1. The lowest BCUT2D eigenvalue weighted by molar-refractivity contribution is 0.590. The molecule has 0 fully saturated rings. The van der Waals surface area contributed by atoms with Gasteiger partial charge in [-0.25, -0.2) is 8.42 Å². The van der Waals surface area contributed by atoms with Crippen LogP contribution in [0, 0.1) is 11.3 Å². The van der Waals surface area contributed by atoms with Crippen molar-refractivity contribution in [3.05, 3.63) is 29.8 Å². The first-order chi connectivity index (χ1) is 7.65. The lowest BCUT2D eigenvalue weighted by atomic mass is 10.0. The minimum Gasteiger partial charge on any atom is -0.269 e. The van der Waals surface area contributed by atoms with Gasteiger partial charge in [-0.15, -0.1) is 0 Å². The quantitative estimate of drug-likeness (QED) is 0.777. The van der Waals surface area contributed by atoms with E-state index in [1.54, 1.807) is 12.1 Å². The second-order valence-corrected chi connectivity index (χ2v) is 5.61. The van der Waals surface area contributed by atoms with Crippen LogP contribution in [0.1, 0.15) is 12.0 Å². The number of hydrogen-bond donors (Lipinski definition) is 0. The highest BCUT2D eigenvalue weighted by Gasteiger charge is 2.26. The van der Waals surface area contributed by atoms with Crippen molar-refractivity contribution in [3.8, 4) is 6.07 Å². The molecule has 0 radical (unpaired) electrons. The Kier molecular flexibility index (Phi) is 2.84. The first kappa shape index (κ1) is 11.0. The van der Waals surface area contributed by atoms with E-state index in [0.29, 0.717) is 6.54 Å². The van der Waals surface area contributed by atoms with Crippen LogP contribution in [-0.2, 0) is 16.4 Å². The maximum atomic E-state index is 11.9. The van der Waals surface area contributed by atoms with Gasteiger partial charge in [-0.3, -0.25) is 4.31 Å². The van der Waals surface area contributed by atoms with E-state index in [1.807, 2.05) is 18.2 Å². The fourth-order valence-corrected chi connectivity index (χ4v) is 3.15. The van der Waals surface area contributed by atoms with Crippen LogP contribution < -0.4 is 4.31 Å². The van der Waals surface area contributed by atoms with Crippen LogP contribution in [0.2, 0.25) is 0 Å². The van der Waals surface area contributed by atoms with Gasteiger partial charge >= 0.3 is 0 Å². The number of sulfonamides is 1. The van der Waals surface area contributed by atoms with Gasteiger partial charge in [-0.05, 0) is 24.5 Å². The van der Waals surface area contributed by atoms with Gasteiger partial charge < -0.3 is 0 Å². The molecule has 0 spiro atoms. The molecule has 2 rings (SSSR count). The van der Waals surface area contributed by atoms with E-state index in [-0.39, 0.29) is 0 Å². The Bertz CT molecular complexity index is 531. The molecule has 1 aliphatic rings. The maximum absolute atomic E-state index is 11.9. The van der Waals surface area contributed by atoms with Crippen molar-refractivity contribution in [1.82, 2.24) is 0 Å². The molecule has 0 aliphatic carbocycles. The van der Waals surface area contributed by atoms with Gasteiger partial charge in [0.2, 0.25) is 10.0 Å². The third kappa shape index (κ3) is 1.89. The van der Waals surface area contributed by atoms with Gasteiger partial charge in [0, 0.05) is 6.54 Å². The minimum atomic E-state index is -3.47. The van der Waals surface area contributed by atoms with Crippen LogP contribution in [-0.4, -0.2) is 20.7 Å². The van der Waals surface area contributed by atoms with Crippen molar-refractivity contribution in [2.45, 2.75) is 12.8 Å². The van der Waals surface area contributed by atoms with Gasteiger partial charge in [0.15, 0.2) is 5.75 Å². The summed E-state index contributed by atoms with van der Waals surface area (Å²) in [6.45, 7) is 0.473. The molecule has 1 aromatic rings. The van der Waals surface area contributed by atoms with Crippen molar-refractivity contribution in [3.63, 3.8) is 0 Å². The highest BCUT2D eigenvalue weighted by Crippen LogP contribution is 2.28. The largest absolute Gasteiger partial charge is 0.269 e. The molecule has 84 valence electrons. The molecule has 1 aliphatic heterocycles.